The van der Waals surface area contributed by atoms with E-state index in [0.717, 1.165) is 58.9 Å². The smallest absolute Gasteiger partial charge is 0.250 e. The van der Waals surface area contributed by atoms with Crippen molar-refractivity contribution >= 4 is 30.6 Å². The Morgan fingerprint density at radius 2 is 1.97 bits per heavy atom. The first-order valence-corrected chi connectivity index (χ1v) is 17.4. The second-order valence-corrected chi connectivity index (χ2v) is 17.3. The predicted octanol–water partition coefficient (Wildman–Crippen LogP) is 6.55. The zero-order valence-corrected chi connectivity index (χ0v) is 25.5. The first-order valence-electron chi connectivity index (χ1n) is 13.7. The third-order valence-corrected chi connectivity index (χ3v) is 12.5. The number of aromatic nitrogens is 3. The summed E-state index contributed by atoms with van der Waals surface area (Å²) in [4.78, 5) is 4.86. The molecule has 2 unspecified atom stereocenters. The number of nitrogens with zero attached hydrogens (tertiary/aromatic N) is 3. The summed E-state index contributed by atoms with van der Waals surface area (Å²) in [6.45, 7) is 15.7. The highest BCUT2D eigenvalue weighted by molar-refractivity contribution is 7.09. The topological polar surface area (TPSA) is 87.9 Å². The van der Waals surface area contributed by atoms with Crippen LogP contribution < -0.4 is 4.43 Å². The predicted molar refractivity (Wildman–Crippen MR) is 154 cm³/mol. The maximum absolute atomic E-state index is 9.30. The van der Waals surface area contributed by atoms with E-state index < -0.39 is 8.32 Å². The van der Waals surface area contributed by atoms with E-state index in [0.29, 0.717) is 32.8 Å². The molecule has 0 radical (unpaired) electrons. The van der Waals surface area contributed by atoms with Crippen LogP contribution in [0.3, 0.4) is 0 Å². The van der Waals surface area contributed by atoms with Crippen molar-refractivity contribution < 1.29 is 23.7 Å². The van der Waals surface area contributed by atoms with Crippen LogP contribution in [0.4, 0.5) is 0 Å². The molecular weight excluding hydrogens is 518 g/mol. The number of hydrogen-bond donors (Lipinski definition) is 1. The monoisotopic (exact) mass is 561 g/mol. The molecule has 10 heteroatoms. The van der Waals surface area contributed by atoms with Gasteiger partial charge in [-0.15, -0.1) is 11.3 Å². The number of aliphatic hydroxyl groups excluding tert-OH is 1. The quantitative estimate of drug-likeness (QED) is 0.198. The Bertz CT molecular complexity index is 1180. The summed E-state index contributed by atoms with van der Waals surface area (Å²) in [6, 6.07) is 6.30. The van der Waals surface area contributed by atoms with Crippen molar-refractivity contribution in [3.63, 3.8) is 0 Å². The van der Waals surface area contributed by atoms with Crippen LogP contribution in [0, 0.1) is 0 Å². The molecule has 2 aromatic heterocycles. The standard InChI is InChI=1S/C28H43N3O5SSi/c1-20(32)12-14-33-15-16-34-18-25-29-23(19-37-25)27-22-17-21(36-38(5,6)28(2,3)4)10-11-24(22)31(30-27)26-9-7-8-13-35-26/h10-11,17,19-20,26,32H,7-9,12-16,18H2,1-6H3. The minimum atomic E-state index is -1.99. The number of benzene rings is 1. The fourth-order valence-electron chi connectivity index (χ4n) is 4.08. The summed E-state index contributed by atoms with van der Waals surface area (Å²) in [6.07, 6.45) is 3.40. The molecule has 0 bridgehead atoms. The third-order valence-electron chi connectivity index (χ3n) is 7.36. The first-order chi connectivity index (χ1) is 18.0. The highest BCUT2D eigenvalue weighted by Gasteiger charge is 2.39. The van der Waals surface area contributed by atoms with Crippen LogP contribution in [0.5, 0.6) is 5.75 Å². The van der Waals surface area contributed by atoms with Crippen molar-refractivity contribution in [2.45, 2.75) is 90.4 Å². The van der Waals surface area contributed by atoms with E-state index in [1.165, 1.54) is 0 Å². The molecule has 38 heavy (non-hydrogen) atoms. The van der Waals surface area contributed by atoms with Gasteiger partial charge in [0.1, 0.15) is 22.1 Å². The molecular formula is C28H43N3O5SSi. The molecule has 210 valence electrons. The zero-order valence-electron chi connectivity index (χ0n) is 23.7. The van der Waals surface area contributed by atoms with Gasteiger partial charge in [0.15, 0.2) is 6.23 Å². The summed E-state index contributed by atoms with van der Waals surface area (Å²) < 4.78 is 26.0. The van der Waals surface area contributed by atoms with E-state index >= 15 is 0 Å². The van der Waals surface area contributed by atoms with E-state index in [2.05, 4.69) is 52.1 Å². The molecule has 0 aliphatic carbocycles. The van der Waals surface area contributed by atoms with Gasteiger partial charge in [0.25, 0.3) is 0 Å². The minimum Gasteiger partial charge on any atom is -0.543 e. The molecule has 3 heterocycles. The zero-order chi connectivity index (χ0) is 27.3. The number of hydrogen-bond acceptors (Lipinski definition) is 8. The van der Waals surface area contributed by atoms with Gasteiger partial charge >= 0.3 is 0 Å². The minimum absolute atomic E-state index is 0.0672. The van der Waals surface area contributed by atoms with Gasteiger partial charge in [-0.1, -0.05) is 20.8 Å². The van der Waals surface area contributed by atoms with Gasteiger partial charge in [-0.05, 0) is 68.9 Å². The lowest BCUT2D eigenvalue weighted by Crippen LogP contribution is -2.43. The van der Waals surface area contributed by atoms with Gasteiger partial charge in [0.2, 0.25) is 8.32 Å². The van der Waals surface area contributed by atoms with Crippen LogP contribution in [0.2, 0.25) is 18.1 Å². The molecule has 1 aliphatic rings. The molecule has 8 nitrogen and oxygen atoms in total. The van der Waals surface area contributed by atoms with Crippen molar-refractivity contribution in [3.8, 4) is 17.1 Å². The maximum Gasteiger partial charge on any atom is 0.250 e. The lowest BCUT2D eigenvalue weighted by atomic mass is 10.1. The molecule has 1 fully saturated rings. The Labute approximate surface area is 231 Å². The van der Waals surface area contributed by atoms with E-state index in [-0.39, 0.29) is 17.4 Å². The van der Waals surface area contributed by atoms with Crippen LogP contribution in [0.1, 0.15) is 64.6 Å². The molecule has 1 aliphatic heterocycles. The van der Waals surface area contributed by atoms with Crippen molar-refractivity contribution in [2.75, 3.05) is 26.4 Å². The number of ether oxygens (including phenoxy) is 3. The molecule has 4 rings (SSSR count). The number of aliphatic hydroxyl groups is 1. The summed E-state index contributed by atoms with van der Waals surface area (Å²) >= 11 is 1.57. The molecule has 1 aromatic carbocycles. The van der Waals surface area contributed by atoms with Crippen LogP contribution in [-0.4, -0.2) is 60.7 Å². The van der Waals surface area contributed by atoms with E-state index in [1.54, 1.807) is 18.3 Å². The average Bonchev–Trinajstić information content (AvgIpc) is 3.47. The van der Waals surface area contributed by atoms with Gasteiger partial charge in [0.05, 0.1) is 31.4 Å². The molecule has 0 amide bonds. The van der Waals surface area contributed by atoms with Crippen LogP contribution >= 0.6 is 11.3 Å². The largest absolute Gasteiger partial charge is 0.543 e. The average molecular weight is 562 g/mol. The van der Waals surface area contributed by atoms with Gasteiger partial charge < -0.3 is 23.7 Å². The van der Waals surface area contributed by atoms with Crippen molar-refractivity contribution in [2.24, 2.45) is 0 Å². The highest BCUT2D eigenvalue weighted by Crippen LogP contribution is 2.40. The van der Waals surface area contributed by atoms with Crippen molar-refractivity contribution in [1.29, 1.82) is 0 Å². The molecule has 2 atom stereocenters. The van der Waals surface area contributed by atoms with Crippen LogP contribution in [-0.2, 0) is 20.8 Å². The third kappa shape index (κ3) is 7.22. The van der Waals surface area contributed by atoms with Crippen molar-refractivity contribution in [3.05, 3.63) is 28.6 Å². The van der Waals surface area contributed by atoms with Gasteiger partial charge in [-0.3, -0.25) is 0 Å². The van der Waals surface area contributed by atoms with Crippen molar-refractivity contribution in [1.82, 2.24) is 14.8 Å². The Kier molecular flexibility index (Phi) is 9.65. The second kappa shape index (κ2) is 12.6. The Hall–Kier alpha value is -1.82. The SMILES string of the molecule is CC(O)CCOCCOCc1nc(-c2nn(C3CCCCO3)c3ccc(O[Si](C)(C)C(C)(C)C)cc23)cs1. The normalized spacial score (nSPS) is 17.7. The van der Waals surface area contributed by atoms with E-state index in [1.807, 2.05) is 10.1 Å². The molecule has 0 spiro atoms. The first kappa shape index (κ1) is 29.2. The Morgan fingerprint density at radius 3 is 2.68 bits per heavy atom. The lowest BCUT2D eigenvalue weighted by molar-refractivity contribution is -0.0365. The Balaban J connectivity index is 1.54. The summed E-state index contributed by atoms with van der Waals surface area (Å²) in [5.74, 6) is 0.879. The Morgan fingerprint density at radius 1 is 1.18 bits per heavy atom. The van der Waals surface area contributed by atoms with Gasteiger partial charge in [-0.2, -0.15) is 5.10 Å². The maximum atomic E-state index is 9.30. The number of rotatable bonds is 12. The lowest BCUT2D eigenvalue weighted by Gasteiger charge is -2.36. The number of thiazole rings is 1. The summed E-state index contributed by atoms with van der Waals surface area (Å²) in [5.41, 5.74) is 2.72. The second-order valence-electron chi connectivity index (χ2n) is 11.6. The molecule has 1 N–H and O–H groups in total. The van der Waals surface area contributed by atoms with Crippen LogP contribution in [0.25, 0.3) is 22.3 Å². The molecule has 1 saturated heterocycles. The molecule has 0 saturated carbocycles. The van der Waals surface area contributed by atoms with Gasteiger partial charge in [0, 0.05) is 24.0 Å². The fraction of sp³-hybridized carbons (Fsp3) is 0.643. The van der Waals surface area contributed by atoms with E-state index in [4.69, 9.17) is 28.7 Å². The number of fused-ring (bicyclic) bond motifs is 1. The highest BCUT2D eigenvalue weighted by atomic mass is 32.1. The van der Waals surface area contributed by atoms with Crippen LogP contribution in [0.15, 0.2) is 23.6 Å². The molecule has 3 aromatic rings. The van der Waals surface area contributed by atoms with E-state index in [9.17, 15) is 5.11 Å². The van der Waals surface area contributed by atoms with Gasteiger partial charge in [-0.25, -0.2) is 9.67 Å². The summed E-state index contributed by atoms with van der Waals surface area (Å²) in [5, 5.41) is 18.4. The fourth-order valence-corrected chi connectivity index (χ4v) is 5.81. The summed E-state index contributed by atoms with van der Waals surface area (Å²) in [7, 11) is -1.99.